The standard InChI is InChI=1S/C11H15NO2/c1-4-11(3,14)9-5-6-12-10(7-9)8(2)13/h5-7,13-14H,2,4H2,1,3H3. The van der Waals surface area contributed by atoms with E-state index in [1.165, 1.54) is 0 Å². The molecule has 0 bridgehead atoms. The van der Waals surface area contributed by atoms with Crippen molar-refractivity contribution in [3.63, 3.8) is 0 Å². The Bertz CT molecular complexity index is 345. The molecule has 1 aromatic rings. The zero-order valence-corrected chi connectivity index (χ0v) is 8.49. The Morgan fingerprint density at radius 3 is 2.79 bits per heavy atom. The lowest BCUT2D eigenvalue weighted by Crippen LogP contribution is -2.19. The molecule has 0 aliphatic rings. The van der Waals surface area contributed by atoms with Gasteiger partial charge in [0.05, 0.1) is 5.60 Å². The molecule has 0 spiro atoms. The molecule has 76 valence electrons. The number of rotatable bonds is 3. The topological polar surface area (TPSA) is 53.4 Å². The van der Waals surface area contributed by atoms with Gasteiger partial charge in [0.1, 0.15) is 11.5 Å². The molecule has 1 unspecified atom stereocenters. The Hall–Kier alpha value is -1.35. The minimum absolute atomic E-state index is 0.0845. The molecule has 14 heavy (non-hydrogen) atoms. The van der Waals surface area contributed by atoms with Gasteiger partial charge < -0.3 is 10.2 Å². The summed E-state index contributed by atoms with van der Waals surface area (Å²) in [5.74, 6) is -0.0845. The first kappa shape index (κ1) is 10.7. The van der Waals surface area contributed by atoms with Crippen molar-refractivity contribution >= 4 is 5.76 Å². The summed E-state index contributed by atoms with van der Waals surface area (Å²) in [7, 11) is 0. The van der Waals surface area contributed by atoms with E-state index >= 15 is 0 Å². The Morgan fingerprint density at radius 2 is 2.29 bits per heavy atom. The summed E-state index contributed by atoms with van der Waals surface area (Å²) >= 11 is 0. The average molecular weight is 193 g/mol. The number of aromatic nitrogens is 1. The molecule has 3 heteroatoms. The third-order valence-corrected chi connectivity index (χ3v) is 2.37. The van der Waals surface area contributed by atoms with Crippen LogP contribution in [-0.4, -0.2) is 15.2 Å². The molecule has 1 heterocycles. The quantitative estimate of drug-likeness (QED) is 0.724. The fourth-order valence-corrected chi connectivity index (χ4v) is 1.13. The van der Waals surface area contributed by atoms with E-state index in [0.29, 0.717) is 12.1 Å². The maximum atomic E-state index is 9.96. The maximum absolute atomic E-state index is 9.96. The molecular weight excluding hydrogens is 178 g/mol. The Labute approximate surface area is 83.7 Å². The molecule has 3 nitrogen and oxygen atoms in total. The van der Waals surface area contributed by atoms with Crippen LogP contribution in [0.25, 0.3) is 5.76 Å². The van der Waals surface area contributed by atoms with E-state index in [1.807, 2.05) is 6.92 Å². The predicted molar refractivity (Wildman–Crippen MR) is 55.8 cm³/mol. The molecule has 0 saturated heterocycles. The van der Waals surface area contributed by atoms with Gasteiger partial charge >= 0.3 is 0 Å². The molecule has 0 saturated carbocycles. The van der Waals surface area contributed by atoms with Crippen molar-refractivity contribution in [3.8, 4) is 0 Å². The van der Waals surface area contributed by atoms with Gasteiger partial charge in [-0.05, 0) is 31.0 Å². The lowest BCUT2D eigenvalue weighted by molar-refractivity contribution is 0.0529. The number of hydrogen-bond acceptors (Lipinski definition) is 3. The van der Waals surface area contributed by atoms with Gasteiger partial charge in [0.15, 0.2) is 0 Å². The van der Waals surface area contributed by atoms with Gasteiger partial charge in [-0.3, -0.25) is 4.98 Å². The Morgan fingerprint density at radius 1 is 1.64 bits per heavy atom. The van der Waals surface area contributed by atoms with Crippen LogP contribution in [0.1, 0.15) is 31.5 Å². The van der Waals surface area contributed by atoms with Crippen molar-refractivity contribution < 1.29 is 10.2 Å². The smallest absolute Gasteiger partial charge is 0.134 e. The van der Waals surface area contributed by atoms with Gasteiger partial charge in [0.25, 0.3) is 0 Å². The monoisotopic (exact) mass is 193 g/mol. The average Bonchev–Trinajstić information content (AvgIpc) is 2.18. The third-order valence-electron chi connectivity index (χ3n) is 2.37. The number of aliphatic hydroxyl groups excluding tert-OH is 1. The number of aliphatic hydroxyl groups is 2. The van der Waals surface area contributed by atoms with Gasteiger partial charge in [-0.25, -0.2) is 0 Å². The van der Waals surface area contributed by atoms with Crippen LogP contribution in [0.2, 0.25) is 0 Å². The summed E-state index contributed by atoms with van der Waals surface area (Å²) in [6.45, 7) is 7.01. The summed E-state index contributed by atoms with van der Waals surface area (Å²) in [5, 5.41) is 19.1. The highest BCUT2D eigenvalue weighted by atomic mass is 16.3. The number of hydrogen-bond donors (Lipinski definition) is 2. The first-order valence-electron chi connectivity index (χ1n) is 4.54. The summed E-state index contributed by atoms with van der Waals surface area (Å²) in [4.78, 5) is 3.93. The predicted octanol–water partition coefficient (Wildman–Crippen LogP) is 2.23. The molecule has 0 aliphatic carbocycles. The van der Waals surface area contributed by atoms with Crippen molar-refractivity contribution in [3.05, 3.63) is 36.2 Å². The van der Waals surface area contributed by atoms with Crippen molar-refractivity contribution in [2.75, 3.05) is 0 Å². The van der Waals surface area contributed by atoms with Crippen LogP contribution in [0.5, 0.6) is 0 Å². The van der Waals surface area contributed by atoms with Crippen molar-refractivity contribution in [1.29, 1.82) is 0 Å². The highest BCUT2D eigenvalue weighted by molar-refractivity contribution is 5.52. The normalized spacial score (nSPS) is 14.8. The molecule has 0 radical (unpaired) electrons. The van der Waals surface area contributed by atoms with E-state index < -0.39 is 5.60 Å². The van der Waals surface area contributed by atoms with E-state index in [1.54, 1.807) is 25.3 Å². The lowest BCUT2D eigenvalue weighted by Gasteiger charge is -2.21. The fourth-order valence-electron chi connectivity index (χ4n) is 1.13. The molecular formula is C11H15NO2. The van der Waals surface area contributed by atoms with Crippen LogP contribution in [0.15, 0.2) is 24.9 Å². The molecule has 1 aromatic heterocycles. The van der Waals surface area contributed by atoms with E-state index in [4.69, 9.17) is 5.11 Å². The number of nitrogens with zero attached hydrogens (tertiary/aromatic N) is 1. The summed E-state index contributed by atoms with van der Waals surface area (Å²) in [6.07, 6.45) is 2.16. The molecule has 0 amide bonds. The van der Waals surface area contributed by atoms with Crippen LogP contribution in [0.3, 0.4) is 0 Å². The summed E-state index contributed by atoms with van der Waals surface area (Å²) in [5.41, 5.74) is 0.254. The lowest BCUT2D eigenvalue weighted by atomic mass is 9.93. The largest absolute Gasteiger partial charge is 0.506 e. The zero-order valence-electron chi connectivity index (χ0n) is 8.49. The van der Waals surface area contributed by atoms with Crippen LogP contribution >= 0.6 is 0 Å². The molecule has 1 rings (SSSR count). The van der Waals surface area contributed by atoms with Crippen molar-refractivity contribution in [1.82, 2.24) is 4.98 Å². The van der Waals surface area contributed by atoms with Crippen molar-refractivity contribution in [2.45, 2.75) is 25.9 Å². The molecule has 2 N–H and O–H groups in total. The van der Waals surface area contributed by atoms with Gasteiger partial charge in [-0.2, -0.15) is 0 Å². The van der Waals surface area contributed by atoms with Crippen molar-refractivity contribution in [2.24, 2.45) is 0 Å². The highest BCUT2D eigenvalue weighted by Crippen LogP contribution is 2.24. The second-order valence-corrected chi connectivity index (χ2v) is 3.50. The summed E-state index contributed by atoms with van der Waals surface area (Å²) in [6, 6.07) is 3.38. The SMILES string of the molecule is C=C(O)c1cc(C(C)(O)CC)ccn1. The Balaban J connectivity index is 3.12. The van der Waals surface area contributed by atoms with Gasteiger partial charge in [-0.15, -0.1) is 0 Å². The van der Waals surface area contributed by atoms with Crippen LogP contribution in [0, 0.1) is 0 Å². The second kappa shape index (κ2) is 3.80. The van der Waals surface area contributed by atoms with Crippen LogP contribution in [-0.2, 0) is 5.60 Å². The van der Waals surface area contributed by atoms with E-state index in [9.17, 15) is 5.11 Å². The highest BCUT2D eigenvalue weighted by Gasteiger charge is 2.20. The minimum Gasteiger partial charge on any atom is -0.506 e. The second-order valence-electron chi connectivity index (χ2n) is 3.50. The summed E-state index contributed by atoms with van der Waals surface area (Å²) < 4.78 is 0. The molecule has 0 aromatic carbocycles. The van der Waals surface area contributed by atoms with Gasteiger partial charge in [-0.1, -0.05) is 13.5 Å². The van der Waals surface area contributed by atoms with Gasteiger partial charge in [0, 0.05) is 6.20 Å². The molecule has 0 fully saturated rings. The van der Waals surface area contributed by atoms with Gasteiger partial charge in [0.2, 0.25) is 0 Å². The first-order valence-corrected chi connectivity index (χ1v) is 4.54. The minimum atomic E-state index is -0.882. The Kier molecular flexibility index (Phi) is 2.91. The fraction of sp³-hybridized carbons (Fsp3) is 0.364. The molecule has 0 aliphatic heterocycles. The van der Waals surface area contributed by atoms with Crippen LogP contribution < -0.4 is 0 Å². The van der Waals surface area contributed by atoms with E-state index in [2.05, 4.69) is 11.6 Å². The van der Waals surface area contributed by atoms with Crippen LogP contribution in [0.4, 0.5) is 0 Å². The van der Waals surface area contributed by atoms with E-state index in [0.717, 1.165) is 5.56 Å². The number of pyridine rings is 1. The first-order chi connectivity index (χ1) is 6.47. The zero-order chi connectivity index (χ0) is 10.8. The molecule has 1 atom stereocenters. The third kappa shape index (κ3) is 2.12. The van der Waals surface area contributed by atoms with E-state index in [-0.39, 0.29) is 5.76 Å². The maximum Gasteiger partial charge on any atom is 0.134 e.